The summed E-state index contributed by atoms with van der Waals surface area (Å²) in [7, 11) is 0. The van der Waals surface area contributed by atoms with Crippen LogP contribution in [-0.4, -0.2) is 38.5 Å². The van der Waals surface area contributed by atoms with Crippen LogP contribution in [0.15, 0.2) is 18.2 Å². The standard InChI is InChI=1S/C19H25F2N3O/c1-12(25)9-16-5-4-8-23(16)11-17-13(2)22-24(14(17)3)19-7-6-15(20)10-18(19)21/h6-7,10,12,16,25H,4-5,8-9,11H2,1-3H3. The third-order valence-electron chi connectivity index (χ3n) is 5.05. The Bertz CT molecular complexity index is 757. The van der Waals surface area contributed by atoms with Gasteiger partial charge in [-0.15, -0.1) is 0 Å². The van der Waals surface area contributed by atoms with Gasteiger partial charge in [0.25, 0.3) is 0 Å². The number of benzene rings is 1. The van der Waals surface area contributed by atoms with Gasteiger partial charge in [0.05, 0.1) is 11.8 Å². The molecule has 25 heavy (non-hydrogen) atoms. The smallest absolute Gasteiger partial charge is 0.151 e. The average molecular weight is 349 g/mol. The molecule has 0 amide bonds. The molecule has 1 saturated heterocycles. The van der Waals surface area contributed by atoms with E-state index in [0.29, 0.717) is 6.04 Å². The summed E-state index contributed by atoms with van der Waals surface area (Å²) in [4.78, 5) is 2.37. The number of nitrogens with zero attached hydrogens (tertiary/aromatic N) is 3. The van der Waals surface area contributed by atoms with Gasteiger partial charge >= 0.3 is 0 Å². The van der Waals surface area contributed by atoms with Gasteiger partial charge in [0.15, 0.2) is 5.82 Å². The van der Waals surface area contributed by atoms with E-state index in [4.69, 9.17) is 0 Å². The Morgan fingerprint density at radius 2 is 2.08 bits per heavy atom. The molecule has 0 saturated carbocycles. The van der Waals surface area contributed by atoms with E-state index in [1.807, 2.05) is 20.8 Å². The van der Waals surface area contributed by atoms with Crippen LogP contribution < -0.4 is 0 Å². The van der Waals surface area contributed by atoms with Crippen LogP contribution in [0.4, 0.5) is 8.78 Å². The maximum Gasteiger partial charge on any atom is 0.151 e. The lowest BCUT2D eigenvalue weighted by molar-refractivity contribution is 0.130. The summed E-state index contributed by atoms with van der Waals surface area (Å²) in [5.74, 6) is -1.22. The van der Waals surface area contributed by atoms with Crippen LogP contribution in [0.2, 0.25) is 0 Å². The molecule has 1 aliphatic rings. The first-order valence-corrected chi connectivity index (χ1v) is 8.79. The third-order valence-corrected chi connectivity index (χ3v) is 5.05. The highest BCUT2D eigenvalue weighted by molar-refractivity contribution is 5.38. The van der Waals surface area contributed by atoms with Gasteiger partial charge in [0, 0.05) is 29.9 Å². The Morgan fingerprint density at radius 1 is 1.32 bits per heavy atom. The molecule has 2 atom stereocenters. The van der Waals surface area contributed by atoms with E-state index >= 15 is 0 Å². The summed E-state index contributed by atoms with van der Waals surface area (Å²) in [6.45, 7) is 7.38. The van der Waals surface area contributed by atoms with Crippen molar-refractivity contribution in [3.05, 3.63) is 46.8 Å². The topological polar surface area (TPSA) is 41.3 Å². The molecular weight excluding hydrogens is 324 g/mol. The lowest BCUT2D eigenvalue weighted by Crippen LogP contribution is -2.31. The largest absolute Gasteiger partial charge is 0.393 e. The minimum atomic E-state index is -0.620. The van der Waals surface area contributed by atoms with Crippen LogP contribution in [0.25, 0.3) is 5.69 Å². The van der Waals surface area contributed by atoms with Gasteiger partial charge in [-0.05, 0) is 58.7 Å². The minimum Gasteiger partial charge on any atom is -0.393 e. The Morgan fingerprint density at radius 3 is 2.76 bits per heavy atom. The molecule has 6 heteroatoms. The average Bonchev–Trinajstić information content (AvgIpc) is 3.06. The zero-order chi connectivity index (χ0) is 18.1. The number of aliphatic hydroxyl groups is 1. The first-order valence-electron chi connectivity index (χ1n) is 8.79. The molecule has 2 heterocycles. The fraction of sp³-hybridized carbons (Fsp3) is 0.526. The predicted octanol–water partition coefficient (Wildman–Crippen LogP) is 3.50. The van der Waals surface area contributed by atoms with Crippen molar-refractivity contribution in [3.63, 3.8) is 0 Å². The Hall–Kier alpha value is -1.79. The first-order chi connectivity index (χ1) is 11.9. The van der Waals surface area contributed by atoms with E-state index in [9.17, 15) is 13.9 Å². The second kappa shape index (κ2) is 7.22. The molecule has 1 N–H and O–H groups in total. The minimum absolute atomic E-state index is 0.259. The van der Waals surface area contributed by atoms with E-state index in [0.717, 1.165) is 55.4 Å². The van der Waals surface area contributed by atoms with Crippen LogP contribution in [0.3, 0.4) is 0 Å². The molecule has 0 bridgehead atoms. The zero-order valence-corrected chi connectivity index (χ0v) is 15.0. The Labute approximate surface area is 147 Å². The molecule has 1 fully saturated rings. The number of halogens is 2. The molecular formula is C19H25F2N3O. The number of aliphatic hydroxyl groups excluding tert-OH is 1. The number of likely N-dealkylation sites (tertiary alicyclic amines) is 1. The second-order valence-corrected chi connectivity index (χ2v) is 7.01. The molecule has 0 spiro atoms. The molecule has 0 radical (unpaired) electrons. The van der Waals surface area contributed by atoms with Crippen molar-refractivity contribution >= 4 is 0 Å². The maximum atomic E-state index is 14.1. The second-order valence-electron chi connectivity index (χ2n) is 7.01. The SMILES string of the molecule is Cc1nn(-c2ccc(F)cc2F)c(C)c1CN1CCCC1CC(C)O. The molecule has 0 aliphatic carbocycles. The summed E-state index contributed by atoms with van der Waals surface area (Å²) in [6.07, 6.45) is 2.66. The van der Waals surface area contributed by atoms with Gasteiger partial charge in [0.2, 0.25) is 0 Å². The van der Waals surface area contributed by atoms with Gasteiger partial charge in [-0.3, -0.25) is 4.90 Å². The molecule has 136 valence electrons. The van der Waals surface area contributed by atoms with Crippen LogP contribution in [0.5, 0.6) is 0 Å². The Kier molecular flexibility index (Phi) is 5.20. The molecule has 2 unspecified atom stereocenters. The maximum absolute atomic E-state index is 14.1. The quantitative estimate of drug-likeness (QED) is 0.898. The van der Waals surface area contributed by atoms with Crippen LogP contribution >= 0.6 is 0 Å². The molecule has 3 rings (SSSR count). The highest BCUT2D eigenvalue weighted by Gasteiger charge is 2.27. The van der Waals surface area contributed by atoms with Crippen molar-refractivity contribution in [2.24, 2.45) is 0 Å². The van der Waals surface area contributed by atoms with Crippen molar-refractivity contribution in [1.82, 2.24) is 14.7 Å². The number of hydrogen-bond donors (Lipinski definition) is 1. The molecule has 1 aromatic heterocycles. The van der Waals surface area contributed by atoms with Gasteiger partial charge in [-0.1, -0.05) is 0 Å². The molecule has 4 nitrogen and oxygen atoms in total. The summed E-state index contributed by atoms with van der Waals surface area (Å²) in [6, 6.07) is 3.91. The zero-order valence-electron chi connectivity index (χ0n) is 15.0. The van der Waals surface area contributed by atoms with Crippen molar-refractivity contribution in [2.45, 2.75) is 58.7 Å². The summed E-state index contributed by atoms with van der Waals surface area (Å²) < 4.78 is 28.9. The summed E-state index contributed by atoms with van der Waals surface area (Å²) in [5.41, 5.74) is 3.05. The first kappa shape index (κ1) is 18.0. The molecule has 1 aliphatic heterocycles. The van der Waals surface area contributed by atoms with Crippen LogP contribution in [0, 0.1) is 25.5 Å². The van der Waals surface area contributed by atoms with Gasteiger partial charge in [0.1, 0.15) is 11.5 Å². The highest BCUT2D eigenvalue weighted by Crippen LogP contribution is 2.27. The van der Waals surface area contributed by atoms with E-state index in [-0.39, 0.29) is 11.8 Å². The fourth-order valence-electron chi connectivity index (χ4n) is 3.76. The normalized spacial score (nSPS) is 19.5. The number of rotatable bonds is 5. The lowest BCUT2D eigenvalue weighted by Gasteiger charge is -2.25. The third kappa shape index (κ3) is 3.75. The number of hydrogen-bond acceptors (Lipinski definition) is 3. The molecule has 1 aromatic carbocycles. The van der Waals surface area contributed by atoms with Crippen molar-refractivity contribution in [2.75, 3.05) is 6.54 Å². The van der Waals surface area contributed by atoms with Crippen molar-refractivity contribution in [1.29, 1.82) is 0 Å². The van der Waals surface area contributed by atoms with Gasteiger partial charge in [-0.25, -0.2) is 13.5 Å². The van der Waals surface area contributed by atoms with E-state index < -0.39 is 11.6 Å². The summed E-state index contributed by atoms with van der Waals surface area (Å²) >= 11 is 0. The van der Waals surface area contributed by atoms with Gasteiger partial charge in [-0.2, -0.15) is 5.10 Å². The van der Waals surface area contributed by atoms with E-state index in [2.05, 4.69) is 10.00 Å². The van der Waals surface area contributed by atoms with Crippen molar-refractivity contribution in [3.8, 4) is 5.69 Å². The number of aryl methyl sites for hydroxylation is 1. The van der Waals surface area contributed by atoms with Crippen molar-refractivity contribution < 1.29 is 13.9 Å². The monoisotopic (exact) mass is 349 g/mol. The highest BCUT2D eigenvalue weighted by atomic mass is 19.1. The van der Waals surface area contributed by atoms with E-state index in [1.165, 1.54) is 12.1 Å². The molecule has 2 aromatic rings. The van der Waals surface area contributed by atoms with E-state index in [1.54, 1.807) is 4.68 Å². The lowest BCUT2D eigenvalue weighted by atomic mass is 10.1. The van der Waals surface area contributed by atoms with Crippen LogP contribution in [0.1, 0.15) is 43.1 Å². The predicted molar refractivity (Wildman–Crippen MR) is 92.7 cm³/mol. The number of aromatic nitrogens is 2. The van der Waals surface area contributed by atoms with Gasteiger partial charge < -0.3 is 5.11 Å². The van der Waals surface area contributed by atoms with Crippen LogP contribution in [-0.2, 0) is 6.54 Å². The fourth-order valence-corrected chi connectivity index (χ4v) is 3.76. The summed E-state index contributed by atoms with van der Waals surface area (Å²) in [5, 5.41) is 14.2. The Balaban J connectivity index is 1.87.